The molecule has 2 unspecified atom stereocenters. The maximum absolute atomic E-state index is 13.8. The van der Waals surface area contributed by atoms with Gasteiger partial charge in [-0.2, -0.15) is 0 Å². The van der Waals surface area contributed by atoms with E-state index in [0.29, 0.717) is 16.2 Å². The summed E-state index contributed by atoms with van der Waals surface area (Å²) in [6.45, 7) is 2.23. The summed E-state index contributed by atoms with van der Waals surface area (Å²) in [6.07, 6.45) is 8.34. The molecule has 0 aromatic heterocycles. The lowest BCUT2D eigenvalue weighted by molar-refractivity contribution is 0.422. The van der Waals surface area contributed by atoms with E-state index < -0.39 is 11.6 Å². The van der Waals surface area contributed by atoms with Gasteiger partial charge in [-0.1, -0.05) is 32.6 Å². The van der Waals surface area contributed by atoms with Gasteiger partial charge in [0, 0.05) is 12.1 Å². The lowest BCUT2D eigenvalue weighted by atomic mass is 9.95. The van der Waals surface area contributed by atoms with E-state index in [1.807, 2.05) is 0 Å². The van der Waals surface area contributed by atoms with Crippen molar-refractivity contribution in [2.75, 3.05) is 5.32 Å². The second kappa shape index (κ2) is 7.39. The Bertz CT molecular complexity index is 450. The van der Waals surface area contributed by atoms with Crippen LogP contribution in [0.3, 0.4) is 0 Å². The fourth-order valence-electron chi connectivity index (χ4n) is 3.07. The lowest BCUT2D eigenvalue weighted by Crippen LogP contribution is -2.19. The largest absolute Gasteiger partial charge is 0.380 e. The molecule has 1 nitrogen and oxygen atoms in total. The van der Waals surface area contributed by atoms with E-state index in [9.17, 15) is 8.78 Å². The predicted molar refractivity (Wildman–Crippen MR) is 83.0 cm³/mol. The minimum absolute atomic E-state index is 0.295. The first-order valence-electron chi connectivity index (χ1n) is 7.51. The van der Waals surface area contributed by atoms with Crippen molar-refractivity contribution in [3.63, 3.8) is 0 Å². The zero-order valence-electron chi connectivity index (χ0n) is 11.9. The van der Waals surface area contributed by atoms with Crippen LogP contribution in [-0.2, 0) is 0 Å². The average molecular weight is 346 g/mol. The molecule has 1 aliphatic rings. The van der Waals surface area contributed by atoms with E-state index in [4.69, 9.17) is 0 Å². The van der Waals surface area contributed by atoms with Crippen LogP contribution >= 0.6 is 15.9 Å². The normalized spacial score (nSPS) is 23.4. The van der Waals surface area contributed by atoms with Gasteiger partial charge < -0.3 is 5.32 Å². The first kappa shape index (κ1) is 15.7. The van der Waals surface area contributed by atoms with Gasteiger partial charge >= 0.3 is 0 Å². The van der Waals surface area contributed by atoms with Crippen molar-refractivity contribution in [3.8, 4) is 0 Å². The number of hydrogen-bond acceptors (Lipinski definition) is 1. The summed E-state index contributed by atoms with van der Waals surface area (Å²) < 4.78 is 27.3. The van der Waals surface area contributed by atoms with E-state index in [1.165, 1.54) is 38.2 Å². The molecule has 1 N–H and O–H groups in total. The van der Waals surface area contributed by atoms with Crippen molar-refractivity contribution in [1.82, 2.24) is 0 Å². The smallest absolute Gasteiger partial charge is 0.149 e. The van der Waals surface area contributed by atoms with E-state index in [1.54, 1.807) is 0 Å². The molecule has 0 spiro atoms. The van der Waals surface area contributed by atoms with Gasteiger partial charge in [0.15, 0.2) is 0 Å². The van der Waals surface area contributed by atoms with Crippen molar-refractivity contribution in [3.05, 3.63) is 28.2 Å². The van der Waals surface area contributed by atoms with Crippen molar-refractivity contribution < 1.29 is 8.78 Å². The Morgan fingerprint density at radius 3 is 2.70 bits per heavy atom. The van der Waals surface area contributed by atoms with E-state index in [2.05, 4.69) is 28.2 Å². The van der Waals surface area contributed by atoms with E-state index in [0.717, 1.165) is 24.8 Å². The van der Waals surface area contributed by atoms with E-state index in [-0.39, 0.29) is 0 Å². The summed E-state index contributed by atoms with van der Waals surface area (Å²) >= 11 is 3.11. The number of hydrogen-bond donors (Lipinski definition) is 1. The molecule has 0 aliphatic heterocycles. The lowest BCUT2D eigenvalue weighted by Gasteiger charge is -2.19. The highest BCUT2D eigenvalue weighted by molar-refractivity contribution is 9.10. The van der Waals surface area contributed by atoms with Crippen LogP contribution in [0.4, 0.5) is 14.5 Å². The molecule has 1 aromatic carbocycles. The third-order valence-corrected chi connectivity index (χ3v) is 4.76. The second-order valence-electron chi connectivity index (χ2n) is 5.75. The number of benzene rings is 1. The SMILES string of the molecule is CCCC1CCCC(Nc2cc(Br)c(F)cc2F)CC1. The summed E-state index contributed by atoms with van der Waals surface area (Å²) in [4.78, 5) is 0. The molecule has 4 heteroatoms. The van der Waals surface area contributed by atoms with Gasteiger partial charge in [0.05, 0.1) is 10.2 Å². The Morgan fingerprint density at radius 1 is 1.15 bits per heavy atom. The van der Waals surface area contributed by atoms with Crippen LogP contribution in [-0.4, -0.2) is 6.04 Å². The van der Waals surface area contributed by atoms with Crippen molar-refractivity contribution in [1.29, 1.82) is 0 Å². The third kappa shape index (κ3) is 4.18. The summed E-state index contributed by atoms with van der Waals surface area (Å²) in [7, 11) is 0. The maximum Gasteiger partial charge on any atom is 0.149 e. The predicted octanol–water partition coefficient (Wildman–Crippen LogP) is 5.89. The summed E-state index contributed by atoms with van der Waals surface area (Å²) in [5, 5.41) is 3.25. The molecular formula is C16H22BrF2N. The van der Waals surface area contributed by atoms with Gasteiger partial charge in [-0.05, 0) is 47.2 Å². The molecule has 2 rings (SSSR count). The minimum Gasteiger partial charge on any atom is -0.380 e. The molecule has 1 saturated carbocycles. The fraction of sp³-hybridized carbons (Fsp3) is 0.625. The molecule has 20 heavy (non-hydrogen) atoms. The highest BCUT2D eigenvalue weighted by Gasteiger charge is 2.19. The molecule has 1 aromatic rings. The standard InChI is InChI=1S/C16H22BrF2N/c1-2-4-11-5-3-6-12(8-7-11)20-16-9-13(17)14(18)10-15(16)19/h9-12,20H,2-8H2,1H3. The van der Waals surface area contributed by atoms with E-state index >= 15 is 0 Å². The summed E-state index contributed by atoms with van der Waals surface area (Å²) in [5.74, 6) is -0.256. The van der Waals surface area contributed by atoms with Crippen LogP contribution < -0.4 is 5.32 Å². The van der Waals surface area contributed by atoms with Gasteiger partial charge in [-0.15, -0.1) is 0 Å². The van der Waals surface area contributed by atoms with Crippen LogP contribution in [0.2, 0.25) is 0 Å². The van der Waals surface area contributed by atoms with Crippen molar-refractivity contribution in [2.45, 2.75) is 57.9 Å². The first-order valence-corrected chi connectivity index (χ1v) is 8.30. The average Bonchev–Trinajstić information content (AvgIpc) is 2.62. The van der Waals surface area contributed by atoms with Crippen molar-refractivity contribution >= 4 is 21.6 Å². The van der Waals surface area contributed by atoms with Crippen LogP contribution in [0.5, 0.6) is 0 Å². The molecule has 112 valence electrons. The Hall–Kier alpha value is -0.640. The first-order chi connectivity index (χ1) is 9.60. The number of halogens is 3. The minimum atomic E-state index is -0.558. The number of anilines is 1. The fourth-order valence-corrected chi connectivity index (χ4v) is 3.42. The van der Waals surface area contributed by atoms with Gasteiger partial charge in [0.2, 0.25) is 0 Å². The monoisotopic (exact) mass is 345 g/mol. The summed E-state index contributed by atoms with van der Waals surface area (Å²) in [6, 6.07) is 2.73. The van der Waals surface area contributed by atoms with Crippen LogP contribution in [0, 0.1) is 17.6 Å². The third-order valence-electron chi connectivity index (χ3n) is 4.15. The summed E-state index contributed by atoms with van der Waals surface area (Å²) in [5.41, 5.74) is 0.400. The molecule has 0 saturated heterocycles. The zero-order chi connectivity index (χ0) is 14.5. The van der Waals surface area contributed by atoms with Crippen LogP contribution in [0.25, 0.3) is 0 Å². The molecule has 2 atom stereocenters. The topological polar surface area (TPSA) is 12.0 Å². The Labute approximate surface area is 128 Å². The van der Waals surface area contributed by atoms with Crippen molar-refractivity contribution in [2.24, 2.45) is 5.92 Å². The van der Waals surface area contributed by atoms with Gasteiger partial charge in [-0.3, -0.25) is 0 Å². The Kier molecular flexibility index (Phi) is 5.82. The molecule has 0 amide bonds. The molecule has 1 fully saturated rings. The highest BCUT2D eigenvalue weighted by Crippen LogP contribution is 2.30. The van der Waals surface area contributed by atoms with Gasteiger partial charge in [0.25, 0.3) is 0 Å². The van der Waals surface area contributed by atoms with Crippen LogP contribution in [0.15, 0.2) is 16.6 Å². The maximum atomic E-state index is 13.8. The van der Waals surface area contributed by atoms with Gasteiger partial charge in [0.1, 0.15) is 11.6 Å². The Balaban J connectivity index is 1.98. The highest BCUT2D eigenvalue weighted by atomic mass is 79.9. The molecule has 0 heterocycles. The molecule has 1 aliphatic carbocycles. The Morgan fingerprint density at radius 2 is 1.95 bits per heavy atom. The molecule has 0 radical (unpaired) electrons. The van der Waals surface area contributed by atoms with Gasteiger partial charge in [-0.25, -0.2) is 8.78 Å². The zero-order valence-corrected chi connectivity index (χ0v) is 13.5. The number of rotatable bonds is 4. The molecule has 0 bridgehead atoms. The molecular weight excluding hydrogens is 324 g/mol. The number of nitrogens with one attached hydrogen (secondary N) is 1. The quantitative estimate of drug-likeness (QED) is 0.530. The second-order valence-corrected chi connectivity index (χ2v) is 6.60. The van der Waals surface area contributed by atoms with Crippen LogP contribution in [0.1, 0.15) is 51.9 Å².